The van der Waals surface area contributed by atoms with Crippen molar-refractivity contribution in [3.8, 4) is 0 Å². The lowest BCUT2D eigenvalue weighted by Gasteiger charge is -2.14. The van der Waals surface area contributed by atoms with Crippen molar-refractivity contribution in [2.45, 2.75) is 59.8 Å². The van der Waals surface area contributed by atoms with Crippen LogP contribution in [0.2, 0.25) is 0 Å². The van der Waals surface area contributed by atoms with Gasteiger partial charge < -0.3 is 9.84 Å². The van der Waals surface area contributed by atoms with E-state index in [1.54, 1.807) is 6.07 Å². The number of rotatable bonds is 9. The Morgan fingerprint density at radius 2 is 1.91 bits per heavy atom. The van der Waals surface area contributed by atoms with E-state index in [1.165, 1.54) is 0 Å². The monoisotopic (exact) mass is 320 g/mol. The first kappa shape index (κ1) is 19.2. The number of esters is 1. The number of hydrogen-bond donors (Lipinski definition) is 1. The summed E-state index contributed by atoms with van der Waals surface area (Å²) in [6, 6.07) is 3.38. The van der Waals surface area contributed by atoms with Crippen LogP contribution in [0.25, 0.3) is 0 Å². The number of carbonyl (C=O) groups excluding carboxylic acids is 1. The minimum absolute atomic E-state index is 0.107. The molecule has 1 aromatic carbocycles. The van der Waals surface area contributed by atoms with Gasteiger partial charge in [0.2, 0.25) is 0 Å². The Morgan fingerprint density at radius 1 is 1.22 bits per heavy atom. The van der Waals surface area contributed by atoms with Gasteiger partial charge in [-0.1, -0.05) is 39.7 Å². The fraction of sp³-hybridized carbons (Fsp3) is 0.579. The highest BCUT2D eigenvalue weighted by atomic mass is 16.5. The van der Waals surface area contributed by atoms with Crippen LogP contribution >= 0.6 is 0 Å². The summed E-state index contributed by atoms with van der Waals surface area (Å²) in [6.45, 7) is 8.52. The molecule has 0 saturated heterocycles. The van der Waals surface area contributed by atoms with E-state index in [2.05, 4.69) is 13.8 Å². The van der Waals surface area contributed by atoms with Gasteiger partial charge in [-0.2, -0.15) is 0 Å². The van der Waals surface area contributed by atoms with Crippen LogP contribution in [-0.2, 0) is 11.2 Å². The standard InChI is InChI=1S/C19H28O4/c1-5-6-12-23-19(22)16-11-10-14(4)15(17(16)18(20)21)9-7-8-13(2)3/h10-11,13H,5-9,12H2,1-4H3,(H,20,21). The van der Waals surface area contributed by atoms with E-state index in [1.807, 2.05) is 19.9 Å². The van der Waals surface area contributed by atoms with E-state index in [4.69, 9.17) is 4.74 Å². The lowest BCUT2D eigenvalue weighted by Crippen LogP contribution is -2.16. The zero-order valence-electron chi connectivity index (χ0n) is 14.6. The Morgan fingerprint density at radius 3 is 2.48 bits per heavy atom. The van der Waals surface area contributed by atoms with E-state index >= 15 is 0 Å². The predicted octanol–water partition coefficient (Wildman–Crippen LogP) is 4.63. The van der Waals surface area contributed by atoms with Crippen molar-refractivity contribution >= 4 is 11.9 Å². The zero-order chi connectivity index (χ0) is 17.4. The van der Waals surface area contributed by atoms with E-state index in [0.717, 1.165) is 36.8 Å². The highest BCUT2D eigenvalue weighted by Gasteiger charge is 2.22. The molecule has 0 unspecified atom stereocenters. The molecule has 0 heterocycles. The van der Waals surface area contributed by atoms with Crippen molar-refractivity contribution in [2.75, 3.05) is 6.61 Å². The molecule has 1 aromatic rings. The first-order chi connectivity index (χ1) is 10.9. The molecule has 0 saturated carbocycles. The highest BCUT2D eigenvalue weighted by Crippen LogP contribution is 2.23. The molecule has 128 valence electrons. The third kappa shape index (κ3) is 5.70. The topological polar surface area (TPSA) is 63.6 Å². The minimum Gasteiger partial charge on any atom is -0.478 e. The second-order valence-corrected chi connectivity index (χ2v) is 6.36. The van der Waals surface area contributed by atoms with E-state index in [0.29, 0.717) is 18.9 Å². The Bertz CT molecular complexity index is 547. The van der Waals surface area contributed by atoms with Crippen LogP contribution in [0.5, 0.6) is 0 Å². The van der Waals surface area contributed by atoms with Gasteiger partial charge >= 0.3 is 11.9 Å². The molecule has 0 fully saturated rings. The maximum Gasteiger partial charge on any atom is 0.339 e. The van der Waals surface area contributed by atoms with Crippen molar-refractivity contribution in [1.82, 2.24) is 0 Å². The number of carboxylic acids is 1. The summed E-state index contributed by atoms with van der Waals surface area (Å²) in [5.74, 6) is -1.03. The summed E-state index contributed by atoms with van der Waals surface area (Å²) in [5, 5.41) is 9.59. The number of aryl methyl sites for hydroxylation is 1. The van der Waals surface area contributed by atoms with Gasteiger partial charge in [0.05, 0.1) is 17.7 Å². The summed E-state index contributed by atoms with van der Waals surface area (Å²) in [6.07, 6.45) is 4.31. The van der Waals surface area contributed by atoms with Crippen LogP contribution in [-0.4, -0.2) is 23.7 Å². The van der Waals surface area contributed by atoms with Crippen molar-refractivity contribution in [1.29, 1.82) is 0 Å². The first-order valence-electron chi connectivity index (χ1n) is 8.41. The normalized spacial score (nSPS) is 10.8. The maximum absolute atomic E-state index is 12.2. The molecule has 0 spiro atoms. The molecule has 0 aliphatic rings. The molecule has 23 heavy (non-hydrogen) atoms. The molecule has 0 aliphatic heterocycles. The maximum atomic E-state index is 12.2. The summed E-state index contributed by atoms with van der Waals surface area (Å²) in [5.41, 5.74) is 1.94. The van der Waals surface area contributed by atoms with Crippen molar-refractivity contribution in [3.63, 3.8) is 0 Å². The number of carboxylic acid groups (broad SMARTS) is 1. The SMILES string of the molecule is CCCCOC(=O)c1ccc(C)c(CCCC(C)C)c1C(=O)O. The molecule has 0 atom stereocenters. The largest absolute Gasteiger partial charge is 0.478 e. The molecular weight excluding hydrogens is 292 g/mol. The molecule has 0 amide bonds. The average molecular weight is 320 g/mol. The van der Waals surface area contributed by atoms with Gasteiger partial charge in [-0.25, -0.2) is 9.59 Å². The molecule has 4 heteroatoms. The number of benzene rings is 1. The summed E-state index contributed by atoms with van der Waals surface area (Å²) >= 11 is 0. The molecule has 0 aliphatic carbocycles. The lowest BCUT2D eigenvalue weighted by molar-refractivity contribution is 0.0489. The highest BCUT2D eigenvalue weighted by molar-refractivity contribution is 6.03. The molecule has 1 rings (SSSR count). The summed E-state index contributed by atoms with van der Waals surface area (Å²) in [4.78, 5) is 23.9. The quantitative estimate of drug-likeness (QED) is 0.532. The number of unbranched alkanes of at least 4 members (excludes halogenated alkanes) is 1. The van der Waals surface area contributed by atoms with Crippen LogP contribution in [0.1, 0.15) is 78.3 Å². The second-order valence-electron chi connectivity index (χ2n) is 6.36. The fourth-order valence-electron chi connectivity index (χ4n) is 2.56. The van der Waals surface area contributed by atoms with Gasteiger partial charge in [0.1, 0.15) is 0 Å². The van der Waals surface area contributed by atoms with Crippen LogP contribution in [0, 0.1) is 12.8 Å². The van der Waals surface area contributed by atoms with Crippen molar-refractivity contribution in [3.05, 3.63) is 34.4 Å². The third-order valence-electron chi connectivity index (χ3n) is 3.92. The number of aromatic carboxylic acids is 1. The molecular formula is C19H28O4. The zero-order valence-corrected chi connectivity index (χ0v) is 14.6. The van der Waals surface area contributed by atoms with Gasteiger partial charge in [0.25, 0.3) is 0 Å². The van der Waals surface area contributed by atoms with Gasteiger partial charge in [-0.3, -0.25) is 0 Å². The molecule has 0 aromatic heterocycles. The van der Waals surface area contributed by atoms with Crippen molar-refractivity contribution < 1.29 is 19.4 Å². The number of hydrogen-bond acceptors (Lipinski definition) is 3. The van der Waals surface area contributed by atoms with E-state index < -0.39 is 11.9 Å². The van der Waals surface area contributed by atoms with Gasteiger partial charge in [-0.05, 0) is 49.3 Å². The van der Waals surface area contributed by atoms with Crippen molar-refractivity contribution in [2.24, 2.45) is 5.92 Å². The number of ether oxygens (including phenoxy) is 1. The second kappa shape index (κ2) is 9.33. The molecule has 1 N–H and O–H groups in total. The molecule has 4 nitrogen and oxygen atoms in total. The minimum atomic E-state index is -1.06. The smallest absolute Gasteiger partial charge is 0.339 e. The van der Waals surface area contributed by atoms with Crippen LogP contribution in [0.15, 0.2) is 12.1 Å². The van der Waals surface area contributed by atoms with Gasteiger partial charge in [0.15, 0.2) is 0 Å². The van der Waals surface area contributed by atoms with E-state index in [9.17, 15) is 14.7 Å². The van der Waals surface area contributed by atoms with E-state index in [-0.39, 0.29) is 11.1 Å². The summed E-state index contributed by atoms with van der Waals surface area (Å²) < 4.78 is 5.19. The summed E-state index contributed by atoms with van der Waals surface area (Å²) in [7, 11) is 0. The molecule has 0 bridgehead atoms. The predicted molar refractivity (Wildman–Crippen MR) is 91.1 cm³/mol. The third-order valence-corrected chi connectivity index (χ3v) is 3.92. The van der Waals surface area contributed by atoms with Crippen LogP contribution in [0.3, 0.4) is 0 Å². The van der Waals surface area contributed by atoms with Gasteiger partial charge in [-0.15, -0.1) is 0 Å². The number of carbonyl (C=O) groups is 2. The Balaban J connectivity index is 3.06. The molecule has 0 radical (unpaired) electrons. The van der Waals surface area contributed by atoms with Gasteiger partial charge in [0, 0.05) is 0 Å². The Labute approximate surface area is 138 Å². The Kier molecular flexibility index (Phi) is 7.79. The van der Waals surface area contributed by atoms with Crippen LogP contribution in [0.4, 0.5) is 0 Å². The fourth-order valence-corrected chi connectivity index (χ4v) is 2.56. The Hall–Kier alpha value is -1.84. The lowest BCUT2D eigenvalue weighted by atomic mass is 9.91. The van der Waals surface area contributed by atoms with Crippen LogP contribution < -0.4 is 0 Å². The average Bonchev–Trinajstić information content (AvgIpc) is 2.48. The first-order valence-corrected chi connectivity index (χ1v) is 8.41.